The van der Waals surface area contributed by atoms with E-state index in [0.717, 1.165) is 4.90 Å². The maximum absolute atomic E-state index is 12.9. The Hall–Kier alpha value is -2.68. The molecule has 8 heteroatoms. The number of amides is 1. The third-order valence-corrected chi connectivity index (χ3v) is 7.00. The largest absolute Gasteiger partial charge is 0.348 e. The van der Waals surface area contributed by atoms with Crippen molar-refractivity contribution in [2.75, 3.05) is 0 Å². The molecule has 2 aromatic carbocycles. The molecule has 6 nitrogen and oxygen atoms in total. The van der Waals surface area contributed by atoms with E-state index in [1.54, 1.807) is 57.3 Å². The Morgan fingerprint density at radius 3 is 2.35 bits per heavy atom. The Morgan fingerprint density at radius 1 is 0.968 bits per heavy atom. The Morgan fingerprint density at radius 2 is 1.65 bits per heavy atom. The van der Waals surface area contributed by atoms with Gasteiger partial charge in [0.15, 0.2) is 0 Å². The highest BCUT2D eigenvalue weighted by Crippen LogP contribution is 2.28. The molecule has 0 aliphatic carbocycles. The lowest BCUT2D eigenvalue weighted by Gasteiger charge is -2.21. The Bertz CT molecular complexity index is 1160. The first-order valence-electron chi connectivity index (χ1n) is 9.74. The summed E-state index contributed by atoms with van der Waals surface area (Å²) in [6.45, 7) is 5.42. The van der Waals surface area contributed by atoms with Crippen molar-refractivity contribution in [1.82, 2.24) is 15.0 Å². The molecular weight excluding hydrogens is 430 g/mol. The van der Waals surface area contributed by atoms with Gasteiger partial charge in [-0.3, -0.25) is 4.79 Å². The highest BCUT2D eigenvalue weighted by molar-refractivity contribution is 7.99. The maximum Gasteiger partial charge on any atom is 0.254 e. The lowest BCUT2D eigenvalue weighted by Crippen LogP contribution is -2.41. The second-order valence-electron chi connectivity index (χ2n) is 7.92. The molecule has 0 bridgehead atoms. The van der Waals surface area contributed by atoms with Crippen molar-refractivity contribution in [2.45, 2.75) is 47.7 Å². The molecule has 1 heterocycles. The van der Waals surface area contributed by atoms with E-state index in [1.807, 2.05) is 30.3 Å². The second-order valence-corrected chi connectivity index (χ2v) is 10.6. The average Bonchev–Trinajstić information content (AvgIpc) is 2.72. The van der Waals surface area contributed by atoms with Gasteiger partial charge in [0.05, 0.1) is 10.5 Å². The van der Waals surface area contributed by atoms with E-state index in [9.17, 15) is 13.2 Å². The van der Waals surface area contributed by atoms with Crippen LogP contribution in [0.25, 0.3) is 0 Å². The molecule has 0 spiro atoms. The zero-order valence-corrected chi connectivity index (χ0v) is 19.3. The van der Waals surface area contributed by atoms with Crippen LogP contribution in [-0.2, 0) is 16.6 Å². The van der Waals surface area contributed by atoms with Crippen molar-refractivity contribution in [3.63, 3.8) is 0 Å². The molecule has 0 aliphatic heterocycles. The monoisotopic (exact) mass is 455 g/mol. The lowest BCUT2D eigenvalue weighted by molar-refractivity contribution is 0.0947. The number of hydrogen-bond donors (Lipinski definition) is 2. The number of carbonyl (C=O) groups is 1. The Kier molecular flexibility index (Phi) is 7.15. The smallest absolute Gasteiger partial charge is 0.254 e. The van der Waals surface area contributed by atoms with E-state index in [4.69, 9.17) is 0 Å². The van der Waals surface area contributed by atoms with E-state index in [2.05, 4.69) is 15.0 Å². The number of rotatable bonds is 7. The topological polar surface area (TPSA) is 88.2 Å². The van der Waals surface area contributed by atoms with Crippen molar-refractivity contribution < 1.29 is 13.2 Å². The number of benzene rings is 2. The fourth-order valence-corrected chi connectivity index (χ4v) is 5.45. The van der Waals surface area contributed by atoms with Crippen LogP contribution >= 0.6 is 11.8 Å². The predicted molar refractivity (Wildman–Crippen MR) is 122 cm³/mol. The highest BCUT2D eigenvalue weighted by Gasteiger charge is 2.24. The normalized spacial score (nSPS) is 11.8. The minimum atomic E-state index is -3.73. The van der Waals surface area contributed by atoms with Crippen LogP contribution in [0.3, 0.4) is 0 Å². The molecule has 2 N–H and O–H groups in total. The van der Waals surface area contributed by atoms with Gasteiger partial charge in [0.2, 0.25) is 10.0 Å². The lowest BCUT2D eigenvalue weighted by atomic mass is 10.1. The summed E-state index contributed by atoms with van der Waals surface area (Å²) < 4.78 is 28.3. The van der Waals surface area contributed by atoms with Crippen LogP contribution < -0.4 is 10.0 Å². The van der Waals surface area contributed by atoms with E-state index in [-0.39, 0.29) is 17.3 Å². The summed E-state index contributed by atoms with van der Waals surface area (Å²) in [5, 5.41) is 3.42. The molecule has 31 heavy (non-hydrogen) atoms. The number of sulfonamides is 1. The minimum absolute atomic E-state index is 0.0738. The number of aromatic nitrogens is 1. The van der Waals surface area contributed by atoms with Crippen LogP contribution in [0.2, 0.25) is 0 Å². The number of hydrogen-bond acceptors (Lipinski definition) is 5. The van der Waals surface area contributed by atoms with Crippen molar-refractivity contribution in [3.8, 4) is 0 Å². The number of pyridine rings is 1. The van der Waals surface area contributed by atoms with Gasteiger partial charge in [-0.05, 0) is 56.7 Å². The summed E-state index contributed by atoms with van der Waals surface area (Å²) in [5.74, 6) is -0.317. The first kappa shape index (κ1) is 23.0. The molecule has 0 fully saturated rings. The summed E-state index contributed by atoms with van der Waals surface area (Å²) in [4.78, 5) is 18.4. The van der Waals surface area contributed by atoms with Gasteiger partial charge in [-0.15, -0.1) is 0 Å². The zero-order chi connectivity index (χ0) is 22.5. The first-order chi connectivity index (χ1) is 14.7. The Balaban J connectivity index is 1.79. The third kappa shape index (κ3) is 6.40. The molecule has 1 amide bonds. The molecule has 0 aliphatic rings. The zero-order valence-electron chi connectivity index (χ0n) is 17.6. The molecule has 0 atom stereocenters. The van der Waals surface area contributed by atoms with Crippen LogP contribution in [0.1, 0.15) is 36.7 Å². The molecule has 0 saturated heterocycles. The average molecular weight is 456 g/mol. The van der Waals surface area contributed by atoms with Crippen LogP contribution in [0.5, 0.6) is 0 Å². The second kappa shape index (κ2) is 9.64. The van der Waals surface area contributed by atoms with Crippen molar-refractivity contribution >= 4 is 27.7 Å². The van der Waals surface area contributed by atoms with Gasteiger partial charge in [-0.25, -0.2) is 18.1 Å². The number of nitrogens with one attached hydrogen (secondary N) is 2. The first-order valence-corrected chi connectivity index (χ1v) is 12.0. The van der Waals surface area contributed by atoms with Gasteiger partial charge < -0.3 is 5.32 Å². The van der Waals surface area contributed by atoms with Crippen molar-refractivity contribution in [2.24, 2.45) is 0 Å². The van der Waals surface area contributed by atoms with Gasteiger partial charge in [0, 0.05) is 23.2 Å². The van der Waals surface area contributed by atoms with Crippen LogP contribution in [0.15, 0.2) is 87.7 Å². The van der Waals surface area contributed by atoms with Crippen LogP contribution in [-0.4, -0.2) is 24.8 Å². The summed E-state index contributed by atoms with van der Waals surface area (Å²) >= 11 is 1.40. The van der Waals surface area contributed by atoms with Gasteiger partial charge in [-0.2, -0.15) is 0 Å². The van der Waals surface area contributed by atoms with Gasteiger partial charge in [0.1, 0.15) is 5.03 Å². The van der Waals surface area contributed by atoms with E-state index >= 15 is 0 Å². The third-order valence-electron chi connectivity index (χ3n) is 4.12. The molecule has 1 aromatic heterocycles. The fraction of sp³-hybridized carbons (Fsp3) is 0.217. The Labute approximate surface area is 187 Å². The molecule has 162 valence electrons. The molecule has 0 saturated carbocycles. The minimum Gasteiger partial charge on any atom is -0.348 e. The van der Waals surface area contributed by atoms with E-state index in [0.29, 0.717) is 16.2 Å². The molecule has 0 unspecified atom stereocenters. The summed E-state index contributed by atoms with van der Waals surface area (Å²) in [6.07, 6.45) is 1.64. The summed E-state index contributed by atoms with van der Waals surface area (Å²) in [5.41, 5.74) is 0.326. The SMILES string of the molecule is CC(C)(C)NS(=O)(=O)c1ccccc1CNC(=O)c1cccnc1Sc1ccccc1. The van der Waals surface area contributed by atoms with E-state index in [1.165, 1.54) is 17.8 Å². The maximum atomic E-state index is 12.9. The number of nitrogens with zero attached hydrogens (tertiary/aromatic N) is 1. The summed E-state index contributed by atoms with van der Waals surface area (Å²) in [6, 6.07) is 19.7. The predicted octanol–water partition coefficient (Wildman–Crippen LogP) is 4.24. The van der Waals surface area contributed by atoms with Gasteiger partial charge >= 0.3 is 0 Å². The quantitative estimate of drug-likeness (QED) is 0.556. The highest BCUT2D eigenvalue weighted by atomic mass is 32.2. The van der Waals surface area contributed by atoms with Gasteiger partial charge in [0.25, 0.3) is 5.91 Å². The van der Waals surface area contributed by atoms with Crippen molar-refractivity contribution in [3.05, 3.63) is 84.1 Å². The van der Waals surface area contributed by atoms with Crippen LogP contribution in [0.4, 0.5) is 0 Å². The van der Waals surface area contributed by atoms with Gasteiger partial charge in [-0.1, -0.05) is 48.2 Å². The molecule has 3 aromatic rings. The summed E-state index contributed by atoms with van der Waals surface area (Å²) in [7, 11) is -3.73. The van der Waals surface area contributed by atoms with E-state index < -0.39 is 15.6 Å². The van der Waals surface area contributed by atoms with Crippen LogP contribution in [0, 0.1) is 0 Å². The molecule has 0 radical (unpaired) electrons. The molecular formula is C23H25N3O3S2. The molecule has 3 rings (SSSR count). The number of carbonyl (C=O) groups excluding carboxylic acids is 1. The fourth-order valence-electron chi connectivity index (χ4n) is 2.89. The van der Waals surface area contributed by atoms with Crippen molar-refractivity contribution in [1.29, 1.82) is 0 Å². The standard InChI is InChI=1S/C23H25N3O3S2/c1-23(2,3)26-31(28,29)20-14-8-7-10-17(20)16-25-21(27)19-13-9-15-24-22(19)30-18-11-5-4-6-12-18/h4-15,26H,16H2,1-3H3,(H,25,27).